The Kier molecular flexibility index (Phi) is 4.40. The number of aromatic nitrogens is 1. The van der Waals surface area contributed by atoms with Gasteiger partial charge in [0.1, 0.15) is 5.60 Å². The van der Waals surface area contributed by atoms with Crippen molar-refractivity contribution in [2.45, 2.75) is 38.7 Å². The van der Waals surface area contributed by atoms with Gasteiger partial charge >= 0.3 is 6.09 Å². The van der Waals surface area contributed by atoms with E-state index in [0.717, 1.165) is 5.69 Å². The molecule has 1 aromatic rings. The molecule has 4 N–H and O–H groups in total. The Morgan fingerprint density at radius 2 is 2.11 bits per heavy atom. The summed E-state index contributed by atoms with van der Waals surface area (Å²) in [5.41, 5.74) is 5.99. The molecule has 102 valence electrons. The lowest BCUT2D eigenvalue weighted by molar-refractivity contribution is 0.0516. The van der Waals surface area contributed by atoms with Gasteiger partial charge < -0.3 is 20.8 Å². The number of carbonyl (C=O) groups excluding carboxylic acids is 1. The molecule has 0 saturated carbocycles. The molecule has 1 aromatic heterocycles. The Labute approximate surface area is 108 Å². The minimum Gasteiger partial charge on any atom is -0.444 e. The van der Waals surface area contributed by atoms with E-state index < -0.39 is 11.7 Å². The van der Waals surface area contributed by atoms with E-state index in [2.05, 4.69) is 10.3 Å². The molecule has 0 saturated heterocycles. The molecular weight excluding hydrogens is 230 g/mol. The molecule has 0 bridgehead atoms. The number of carbonyl (C=O) groups is 1. The highest BCUT2D eigenvalue weighted by Gasteiger charge is 2.27. The number of nitrogens with one attached hydrogen (secondary N) is 2. The van der Waals surface area contributed by atoms with Crippen LogP contribution in [0.2, 0.25) is 0 Å². The SMILES string of the molecule is CC(C)(C)OC(=O)NCC(C)(CN)c1ccc[nH]1. The van der Waals surface area contributed by atoms with Gasteiger partial charge in [0, 0.05) is 30.4 Å². The van der Waals surface area contributed by atoms with Crippen LogP contribution in [0, 0.1) is 0 Å². The summed E-state index contributed by atoms with van der Waals surface area (Å²) in [7, 11) is 0. The normalized spacial score (nSPS) is 14.9. The van der Waals surface area contributed by atoms with Crippen LogP contribution in [-0.2, 0) is 10.2 Å². The highest BCUT2D eigenvalue weighted by atomic mass is 16.6. The van der Waals surface area contributed by atoms with Gasteiger partial charge in [0.25, 0.3) is 0 Å². The molecule has 0 aliphatic carbocycles. The minimum absolute atomic E-state index is 0.319. The molecular formula is C13H23N3O2. The average molecular weight is 253 g/mol. The van der Waals surface area contributed by atoms with E-state index in [1.54, 1.807) is 0 Å². The summed E-state index contributed by atoms with van der Waals surface area (Å²) < 4.78 is 5.19. The summed E-state index contributed by atoms with van der Waals surface area (Å²) in [5, 5.41) is 2.76. The second-order valence-electron chi connectivity index (χ2n) is 5.70. The molecule has 0 aliphatic rings. The molecule has 1 heterocycles. The van der Waals surface area contributed by atoms with Gasteiger partial charge in [0.05, 0.1) is 0 Å². The smallest absolute Gasteiger partial charge is 0.407 e. The number of amides is 1. The Bertz CT molecular complexity index is 381. The van der Waals surface area contributed by atoms with Crippen molar-refractivity contribution in [1.29, 1.82) is 0 Å². The Morgan fingerprint density at radius 1 is 1.44 bits per heavy atom. The molecule has 5 nitrogen and oxygen atoms in total. The minimum atomic E-state index is -0.490. The lowest BCUT2D eigenvalue weighted by Gasteiger charge is -2.28. The number of nitrogens with two attached hydrogens (primary N) is 1. The highest BCUT2D eigenvalue weighted by Crippen LogP contribution is 2.19. The number of hydrogen-bond acceptors (Lipinski definition) is 3. The molecule has 0 fully saturated rings. The maximum absolute atomic E-state index is 11.6. The van der Waals surface area contributed by atoms with Crippen molar-refractivity contribution in [3.63, 3.8) is 0 Å². The summed E-state index contributed by atoms with van der Waals surface area (Å²) in [6.45, 7) is 8.36. The molecule has 0 radical (unpaired) electrons. The van der Waals surface area contributed by atoms with E-state index in [1.807, 2.05) is 46.0 Å². The largest absolute Gasteiger partial charge is 0.444 e. The highest BCUT2D eigenvalue weighted by molar-refractivity contribution is 5.67. The molecule has 0 aromatic carbocycles. The Balaban J connectivity index is 2.58. The number of ether oxygens (including phenoxy) is 1. The molecule has 0 spiro atoms. The number of H-pyrrole nitrogens is 1. The molecule has 18 heavy (non-hydrogen) atoms. The first-order valence-corrected chi connectivity index (χ1v) is 6.08. The van der Waals surface area contributed by atoms with E-state index >= 15 is 0 Å². The number of rotatable bonds is 4. The average Bonchev–Trinajstić information content (AvgIpc) is 2.77. The fourth-order valence-electron chi connectivity index (χ4n) is 1.56. The van der Waals surface area contributed by atoms with Crippen LogP contribution >= 0.6 is 0 Å². The Hall–Kier alpha value is -1.49. The van der Waals surface area contributed by atoms with Crippen LogP contribution in [0.5, 0.6) is 0 Å². The summed E-state index contributed by atoms with van der Waals surface area (Å²) >= 11 is 0. The van der Waals surface area contributed by atoms with Gasteiger partial charge in [-0.15, -0.1) is 0 Å². The van der Waals surface area contributed by atoms with Crippen molar-refractivity contribution in [2.24, 2.45) is 5.73 Å². The third kappa shape index (κ3) is 4.07. The van der Waals surface area contributed by atoms with Crippen LogP contribution in [-0.4, -0.2) is 29.8 Å². The first-order chi connectivity index (χ1) is 8.27. The van der Waals surface area contributed by atoms with Gasteiger partial charge in [-0.2, -0.15) is 0 Å². The van der Waals surface area contributed by atoms with Crippen molar-refractivity contribution in [3.05, 3.63) is 24.0 Å². The number of aromatic amines is 1. The van der Waals surface area contributed by atoms with E-state index in [1.165, 1.54) is 0 Å². The zero-order valence-corrected chi connectivity index (χ0v) is 11.5. The van der Waals surface area contributed by atoms with Gasteiger partial charge in [0.15, 0.2) is 0 Å². The molecule has 5 heteroatoms. The first-order valence-electron chi connectivity index (χ1n) is 6.08. The van der Waals surface area contributed by atoms with Crippen molar-refractivity contribution in [3.8, 4) is 0 Å². The zero-order valence-electron chi connectivity index (χ0n) is 11.5. The topological polar surface area (TPSA) is 80.1 Å². The van der Waals surface area contributed by atoms with Crippen LogP contribution in [0.4, 0.5) is 4.79 Å². The van der Waals surface area contributed by atoms with E-state index in [9.17, 15) is 4.79 Å². The van der Waals surface area contributed by atoms with Crippen LogP contribution in [0.25, 0.3) is 0 Å². The predicted molar refractivity (Wildman–Crippen MR) is 71.4 cm³/mol. The second-order valence-corrected chi connectivity index (χ2v) is 5.70. The van der Waals surface area contributed by atoms with Gasteiger partial charge in [-0.25, -0.2) is 4.79 Å². The van der Waals surface area contributed by atoms with E-state index in [0.29, 0.717) is 13.1 Å². The fourth-order valence-corrected chi connectivity index (χ4v) is 1.56. The maximum Gasteiger partial charge on any atom is 0.407 e. The van der Waals surface area contributed by atoms with Crippen molar-refractivity contribution >= 4 is 6.09 Å². The Morgan fingerprint density at radius 3 is 2.56 bits per heavy atom. The van der Waals surface area contributed by atoms with E-state index in [-0.39, 0.29) is 5.41 Å². The van der Waals surface area contributed by atoms with Gasteiger partial charge in [-0.1, -0.05) is 6.92 Å². The molecule has 1 atom stereocenters. The summed E-state index contributed by atoms with van der Waals surface area (Å²) in [5.74, 6) is 0. The van der Waals surface area contributed by atoms with Crippen molar-refractivity contribution in [2.75, 3.05) is 13.1 Å². The van der Waals surface area contributed by atoms with E-state index in [4.69, 9.17) is 10.5 Å². The first kappa shape index (κ1) is 14.6. The quantitative estimate of drug-likeness (QED) is 0.765. The van der Waals surface area contributed by atoms with Gasteiger partial charge in [-0.05, 0) is 32.9 Å². The maximum atomic E-state index is 11.6. The van der Waals surface area contributed by atoms with Crippen LogP contribution < -0.4 is 11.1 Å². The second kappa shape index (κ2) is 5.44. The number of hydrogen-bond donors (Lipinski definition) is 3. The summed E-state index contributed by atoms with van der Waals surface area (Å²) in [6.07, 6.45) is 1.42. The third-order valence-corrected chi connectivity index (χ3v) is 2.72. The summed E-state index contributed by atoms with van der Waals surface area (Å²) in [6, 6.07) is 3.88. The van der Waals surface area contributed by atoms with Crippen LogP contribution in [0.1, 0.15) is 33.4 Å². The molecule has 1 rings (SSSR count). The molecule has 0 aliphatic heterocycles. The fraction of sp³-hybridized carbons (Fsp3) is 0.615. The van der Waals surface area contributed by atoms with Gasteiger partial charge in [-0.3, -0.25) is 0 Å². The zero-order chi connectivity index (χ0) is 13.8. The number of alkyl carbamates (subject to hydrolysis) is 1. The van der Waals surface area contributed by atoms with Crippen molar-refractivity contribution in [1.82, 2.24) is 10.3 Å². The lowest BCUT2D eigenvalue weighted by Crippen LogP contribution is -2.45. The third-order valence-electron chi connectivity index (χ3n) is 2.72. The lowest BCUT2D eigenvalue weighted by atomic mass is 9.87. The molecule has 1 unspecified atom stereocenters. The standard InChI is InChI=1S/C13H23N3O2/c1-12(2,3)18-11(17)16-9-13(4,8-14)10-6-5-7-15-10/h5-7,15H,8-9,14H2,1-4H3,(H,16,17). The summed E-state index contributed by atoms with van der Waals surface area (Å²) in [4.78, 5) is 14.7. The van der Waals surface area contributed by atoms with Crippen LogP contribution in [0.3, 0.4) is 0 Å². The van der Waals surface area contributed by atoms with Crippen LogP contribution in [0.15, 0.2) is 18.3 Å². The van der Waals surface area contributed by atoms with Crippen molar-refractivity contribution < 1.29 is 9.53 Å². The molecule has 1 amide bonds. The predicted octanol–water partition coefficient (Wildman–Crippen LogP) is 1.76. The van der Waals surface area contributed by atoms with Gasteiger partial charge in [0.2, 0.25) is 0 Å². The monoisotopic (exact) mass is 253 g/mol.